The van der Waals surface area contributed by atoms with E-state index in [1.54, 1.807) is 6.07 Å². The van der Waals surface area contributed by atoms with E-state index in [-0.39, 0.29) is 22.5 Å². The van der Waals surface area contributed by atoms with Crippen LogP contribution < -0.4 is 4.90 Å². The van der Waals surface area contributed by atoms with Gasteiger partial charge in [-0.25, -0.2) is 0 Å². The van der Waals surface area contributed by atoms with Crippen molar-refractivity contribution in [2.75, 3.05) is 23.7 Å². The second kappa shape index (κ2) is 14.1. The molecule has 3 aliphatic rings. The van der Waals surface area contributed by atoms with Crippen molar-refractivity contribution in [2.24, 2.45) is 0 Å². The topological polar surface area (TPSA) is 115 Å². The van der Waals surface area contributed by atoms with E-state index in [0.29, 0.717) is 13.0 Å². The number of benzene rings is 2. The van der Waals surface area contributed by atoms with Gasteiger partial charge in [0.25, 0.3) is 20.2 Å². The van der Waals surface area contributed by atoms with Crippen molar-refractivity contribution in [2.45, 2.75) is 102 Å². The zero-order valence-electron chi connectivity index (χ0n) is 29.7. The van der Waals surface area contributed by atoms with E-state index in [4.69, 9.17) is 0 Å². The fourth-order valence-electron chi connectivity index (χ4n) is 7.63. The summed E-state index contributed by atoms with van der Waals surface area (Å²) in [6.07, 6.45) is 15.0. The molecule has 2 aromatic rings. The Bertz CT molecular complexity index is 2000. The summed E-state index contributed by atoms with van der Waals surface area (Å²) in [5, 5.41) is 0. The van der Waals surface area contributed by atoms with E-state index < -0.39 is 25.7 Å². The Hall–Kier alpha value is -3.31. The third kappa shape index (κ3) is 7.72. The molecule has 0 saturated heterocycles. The number of hydrogen-bond acceptors (Lipinski definition) is 5. The number of para-hydroxylation sites is 1. The quantitative estimate of drug-likeness (QED) is 0.129. The molecule has 0 amide bonds. The Balaban J connectivity index is 1.50. The lowest BCUT2D eigenvalue weighted by Crippen LogP contribution is -2.28. The summed E-state index contributed by atoms with van der Waals surface area (Å²) in [6.45, 7) is 14.6. The first-order chi connectivity index (χ1) is 23.0. The van der Waals surface area contributed by atoms with Gasteiger partial charge in [-0.1, -0.05) is 57.5 Å². The summed E-state index contributed by atoms with van der Waals surface area (Å²) in [7, 11) is -8.46. The van der Waals surface area contributed by atoms with Crippen molar-refractivity contribution < 1.29 is 30.5 Å². The Morgan fingerprint density at radius 1 is 0.878 bits per heavy atom. The van der Waals surface area contributed by atoms with Crippen LogP contribution in [0, 0.1) is 0 Å². The van der Waals surface area contributed by atoms with Crippen LogP contribution in [0.15, 0.2) is 94.1 Å². The van der Waals surface area contributed by atoms with Crippen LogP contribution in [-0.4, -0.2) is 55.1 Å². The molecule has 8 nitrogen and oxygen atoms in total. The normalized spacial score (nSPS) is 20.6. The summed E-state index contributed by atoms with van der Waals surface area (Å²) in [6, 6.07) is 13.4. The van der Waals surface area contributed by atoms with Gasteiger partial charge < -0.3 is 4.90 Å². The molecule has 1 aliphatic carbocycles. The monoisotopic (exact) mass is 707 g/mol. The molecule has 0 saturated carbocycles. The highest BCUT2D eigenvalue weighted by Crippen LogP contribution is 2.48. The van der Waals surface area contributed by atoms with Gasteiger partial charge in [-0.2, -0.15) is 21.4 Å². The third-order valence-corrected chi connectivity index (χ3v) is 12.1. The molecule has 0 bridgehead atoms. The number of unbranched alkanes of at least 4 members (excludes halogenated alkanes) is 2. The molecule has 2 aliphatic heterocycles. The molecule has 2 N–H and O–H groups in total. The second-order valence-corrected chi connectivity index (χ2v) is 17.5. The lowest BCUT2D eigenvalue weighted by molar-refractivity contribution is -0.438. The summed E-state index contributed by atoms with van der Waals surface area (Å²) in [4.78, 5) is 2.33. The van der Waals surface area contributed by atoms with E-state index >= 15 is 0 Å². The SMILES string of the molecule is CCCCN1/C(=C/C=C2\CCCC(/C=C/C3=[N+](CCCCS(=O)(=O)O)c4ccc(S(=O)(=O)O)cc4C3(C)C)=C2C)C(C)(C)c2ccccc21. The maximum absolute atomic E-state index is 12.0. The highest BCUT2D eigenvalue weighted by molar-refractivity contribution is 7.86. The standard InChI is InChI=1S/C39H50N2O6S2/c1-7-8-24-40-34-17-10-9-16-32(34)38(3,4)36(40)22-18-29-14-13-15-30(28(29)2)19-23-37-39(5,6)33-27-31(49(45,46)47)20-21-35(33)41(37)25-11-12-26-48(42,43)44/h9-10,16-23,27H,7-8,11-15,24-26H2,1-6H3,(H-,42,43,44,45,46,47)/p+1. The van der Waals surface area contributed by atoms with Gasteiger partial charge in [0.1, 0.15) is 6.54 Å². The van der Waals surface area contributed by atoms with Crippen molar-refractivity contribution in [3.63, 3.8) is 0 Å². The van der Waals surface area contributed by atoms with Gasteiger partial charge in [-0.3, -0.25) is 9.11 Å². The first-order valence-electron chi connectivity index (χ1n) is 17.4. The molecule has 0 aromatic heterocycles. The molecular formula is C39H51N2O6S2+. The summed E-state index contributed by atoms with van der Waals surface area (Å²) in [5.74, 6) is -0.319. The lowest BCUT2D eigenvalue weighted by atomic mass is 9.80. The number of nitrogens with zero attached hydrogens (tertiary/aromatic N) is 2. The number of hydrogen-bond donors (Lipinski definition) is 2. The van der Waals surface area contributed by atoms with E-state index in [2.05, 4.69) is 85.7 Å². The van der Waals surface area contributed by atoms with Crippen LogP contribution in [0.4, 0.5) is 11.4 Å². The first kappa shape index (κ1) is 37.0. The van der Waals surface area contributed by atoms with Crippen LogP contribution in [0.2, 0.25) is 0 Å². The van der Waals surface area contributed by atoms with Gasteiger partial charge >= 0.3 is 0 Å². The molecule has 0 radical (unpaired) electrons. The highest BCUT2D eigenvalue weighted by Gasteiger charge is 2.45. The zero-order valence-corrected chi connectivity index (χ0v) is 31.3. The summed E-state index contributed by atoms with van der Waals surface area (Å²) >= 11 is 0. The van der Waals surface area contributed by atoms with E-state index in [1.807, 2.05) is 13.8 Å². The van der Waals surface area contributed by atoms with Gasteiger partial charge in [-0.15, -0.1) is 0 Å². The minimum Gasteiger partial charge on any atom is -0.344 e. The van der Waals surface area contributed by atoms with Gasteiger partial charge in [0.05, 0.1) is 16.1 Å². The summed E-state index contributed by atoms with van der Waals surface area (Å²) in [5.41, 5.74) is 9.66. The van der Waals surface area contributed by atoms with Crippen LogP contribution in [0.1, 0.15) is 97.6 Å². The average Bonchev–Trinajstić information content (AvgIpc) is 3.38. The maximum atomic E-state index is 12.0. The first-order valence-corrected chi connectivity index (χ1v) is 20.4. The van der Waals surface area contributed by atoms with Crippen molar-refractivity contribution in [3.8, 4) is 0 Å². The van der Waals surface area contributed by atoms with Gasteiger partial charge in [0.15, 0.2) is 5.71 Å². The molecule has 10 heteroatoms. The maximum Gasteiger partial charge on any atom is 0.294 e. The van der Waals surface area contributed by atoms with Crippen molar-refractivity contribution in [1.82, 2.24) is 0 Å². The predicted molar refractivity (Wildman–Crippen MR) is 198 cm³/mol. The van der Waals surface area contributed by atoms with Crippen molar-refractivity contribution in [3.05, 3.63) is 100 Å². The fraction of sp³-hybridized carbons (Fsp3) is 0.462. The molecule has 2 heterocycles. The Morgan fingerprint density at radius 2 is 1.61 bits per heavy atom. The van der Waals surface area contributed by atoms with Crippen molar-refractivity contribution >= 4 is 37.3 Å². The van der Waals surface area contributed by atoms with Crippen LogP contribution in [-0.2, 0) is 31.1 Å². The molecule has 264 valence electrons. The molecule has 0 spiro atoms. The number of rotatable bonds is 12. The average molecular weight is 708 g/mol. The molecular weight excluding hydrogens is 657 g/mol. The highest BCUT2D eigenvalue weighted by atomic mass is 32.2. The van der Waals surface area contributed by atoms with Crippen LogP contribution >= 0.6 is 0 Å². The number of anilines is 1. The Kier molecular flexibility index (Phi) is 10.7. The predicted octanol–water partition coefficient (Wildman–Crippen LogP) is 8.44. The van der Waals surface area contributed by atoms with E-state index in [1.165, 1.54) is 45.8 Å². The van der Waals surface area contributed by atoms with Gasteiger partial charge in [0.2, 0.25) is 5.69 Å². The molecule has 2 aromatic carbocycles. The van der Waals surface area contributed by atoms with E-state index in [9.17, 15) is 25.9 Å². The van der Waals surface area contributed by atoms with Crippen molar-refractivity contribution in [1.29, 1.82) is 0 Å². The molecule has 0 fully saturated rings. The molecule has 49 heavy (non-hydrogen) atoms. The van der Waals surface area contributed by atoms with E-state index in [0.717, 1.165) is 55.6 Å². The van der Waals surface area contributed by atoms with Crippen LogP contribution in [0.25, 0.3) is 0 Å². The minimum absolute atomic E-state index is 0.101. The smallest absolute Gasteiger partial charge is 0.294 e. The number of fused-ring (bicyclic) bond motifs is 2. The Morgan fingerprint density at radius 3 is 2.31 bits per heavy atom. The molecule has 0 unspecified atom stereocenters. The number of allylic oxidation sites excluding steroid dienone is 8. The zero-order chi connectivity index (χ0) is 35.8. The second-order valence-electron chi connectivity index (χ2n) is 14.5. The molecule has 5 rings (SSSR count). The lowest BCUT2D eigenvalue weighted by Gasteiger charge is -2.27. The molecule has 0 atom stereocenters. The van der Waals surface area contributed by atoms with Crippen LogP contribution in [0.5, 0.6) is 0 Å². The fourth-order valence-corrected chi connectivity index (χ4v) is 8.71. The Labute approximate surface area is 293 Å². The van der Waals surface area contributed by atoms with Gasteiger partial charge in [0, 0.05) is 47.5 Å². The van der Waals surface area contributed by atoms with Crippen LogP contribution in [0.3, 0.4) is 0 Å². The van der Waals surface area contributed by atoms with Gasteiger partial charge in [-0.05, 0) is 99.4 Å². The largest absolute Gasteiger partial charge is 0.344 e. The minimum atomic E-state index is -4.39. The summed E-state index contributed by atoms with van der Waals surface area (Å²) < 4.78 is 67.9. The third-order valence-electron chi connectivity index (χ3n) is 10.5.